The first-order chi connectivity index (χ1) is 17.3. The number of aliphatic hydroxyl groups is 2. The molecule has 0 bridgehead atoms. The van der Waals surface area contributed by atoms with Crippen molar-refractivity contribution in [2.45, 2.75) is 118 Å². The molecule has 0 amide bonds. The maximum absolute atomic E-state index is 12.5. The summed E-state index contributed by atoms with van der Waals surface area (Å²) in [4.78, 5) is 12.5. The average Bonchev–Trinajstić information content (AvgIpc) is 3.45. The van der Waals surface area contributed by atoms with Crippen molar-refractivity contribution in [1.82, 2.24) is 0 Å². The molecule has 2 fully saturated rings. The van der Waals surface area contributed by atoms with Crippen molar-refractivity contribution in [2.24, 2.45) is 29.1 Å². The Morgan fingerprint density at radius 2 is 1.84 bits per heavy atom. The summed E-state index contributed by atoms with van der Waals surface area (Å²) in [5.74, 6) is 1.80. The van der Waals surface area contributed by atoms with Gasteiger partial charge in [0.1, 0.15) is 18.0 Å². The maximum Gasteiger partial charge on any atom is 0.140 e. The van der Waals surface area contributed by atoms with Crippen molar-refractivity contribution in [1.29, 1.82) is 0 Å². The zero-order valence-electron chi connectivity index (χ0n) is 24.2. The van der Waals surface area contributed by atoms with Crippen LogP contribution in [0.4, 0.5) is 0 Å². The van der Waals surface area contributed by atoms with Crippen molar-refractivity contribution in [3.05, 3.63) is 47.6 Å². The van der Waals surface area contributed by atoms with Crippen LogP contribution in [0.3, 0.4) is 0 Å². The Morgan fingerprint density at radius 3 is 2.49 bits per heavy atom. The third-order valence-electron chi connectivity index (χ3n) is 8.41. The van der Waals surface area contributed by atoms with E-state index >= 15 is 0 Å². The fraction of sp³-hybridized carbons (Fsp3) is 0.719. The zero-order valence-corrected chi connectivity index (χ0v) is 24.2. The van der Waals surface area contributed by atoms with E-state index < -0.39 is 23.7 Å². The number of hydrogen-bond donors (Lipinski definition) is 2. The molecule has 0 unspecified atom stereocenters. The summed E-state index contributed by atoms with van der Waals surface area (Å²) in [6, 6.07) is 0. The summed E-state index contributed by atoms with van der Waals surface area (Å²) in [7, 11) is 0. The van der Waals surface area contributed by atoms with E-state index in [9.17, 15) is 15.0 Å². The van der Waals surface area contributed by atoms with E-state index in [1.807, 2.05) is 26.8 Å². The molecule has 0 aromatic carbocycles. The fourth-order valence-corrected chi connectivity index (χ4v) is 5.54. The summed E-state index contributed by atoms with van der Waals surface area (Å²) < 4.78 is 12.3. The molecule has 3 rings (SSSR count). The monoisotopic (exact) mass is 514 g/mol. The van der Waals surface area contributed by atoms with E-state index in [0.717, 1.165) is 12.8 Å². The number of rotatable bonds is 9. The van der Waals surface area contributed by atoms with Crippen molar-refractivity contribution in [2.75, 3.05) is 0 Å². The number of aliphatic hydroxyl groups excluding tert-OH is 2. The van der Waals surface area contributed by atoms with Gasteiger partial charge in [0.25, 0.3) is 0 Å². The lowest BCUT2D eigenvalue weighted by atomic mass is 9.85. The van der Waals surface area contributed by atoms with E-state index in [1.54, 1.807) is 0 Å². The topological polar surface area (TPSA) is 76.0 Å². The van der Waals surface area contributed by atoms with Gasteiger partial charge in [-0.15, -0.1) is 0 Å². The molecule has 0 radical (unpaired) electrons. The van der Waals surface area contributed by atoms with Crippen molar-refractivity contribution >= 4 is 5.78 Å². The second-order valence-corrected chi connectivity index (χ2v) is 12.7. The lowest BCUT2D eigenvalue weighted by molar-refractivity contribution is -0.159. The van der Waals surface area contributed by atoms with Gasteiger partial charge in [0.05, 0.1) is 24.4 Å². The van der Waals surface area contributed by atoms with Gasteiger partial charge < -0.3 is 19.7 Å². The number of carbonyl (C=O) groups excluding carboxylic acids is 1. The molecule has 2 heterocycles. The summed E-state index contributed by atoms with van der Waals surface area (Å²) in [5, 5.41) is 20.9. The summed E-state index contributed by atoms with van der Waals surface area (Å²) in [6.07, 6.45) is 13.3. The van der Waals surface area contributed by atoms with Crippen molar-refractivity contribution in [3.8, 4) is 0 Å². The smallest absolute Gasteiger partial charge is 0.140 e. The predicted octanol–water partition coefficient (Wildman–Crippen LogP) is 5.96. The molecule has 0 spiro atoms. The van der Waals surface area contributed by atoms with Crippen LogP contribution in [-0.4, -0.2) is 52.6 Å². The second-order valence-electron chi connectivity index (χ2n) is 12.7. The molecule has 2 aliphatic heterocycles. The van der Waals surface area contributed by atoms with E-state index in [0.29, 0.717) is 23.7 Å². The standard InChI is InChI=1S/C32H50O5/c1-9-27-20(3)11-14-28(37-27)21(4)16-19(2)10-12-24-22(5)25(24)13-15-29-31(35)26(33)17-23(36-29)18-30(34)32(6,7)8/h10-13,15-16,19,22-29,31,33,35H,9,14,17-18H2,1-8H3/b12-10+,15-13+,21-16+/t19-,22-,23+,24+,25+,26+,27-,28-,29+,31-/m1/s1. The third kappa shape index (κ3) is 7.98. The first-order valence-electron chi connectivity index (χ1n) is 14.2. The Hall–Kier alpha value is -1.53. The van der Waals surface area contributed by atoms with Gasteiger partial charge in [-0.3, -0.25) is 4.79 Å². The van der Waals surface area contributed by atoms with Crippen LogP contribution in [0.1, 0.15) is 81.1 Å². The minimum absolute atomic E-state index is 0.107. The SMILES string of the molecule is CC[C@H]1O[C@@H](/C(C)=C/[C@H](C)/C=C/[C@H]2[C@@H](C)[C@@H]2/C=C/[C@@H]2O[C@H](CC(=O)C(C)(C)C)C[C@H](O)[C@H]2O)CC=C1C. The highest BCUT2D eigenvalue weighted by Crippen LogP contribution is 2.48. The lowest BCUT2D eigenvalue weighted by Crippen LogP contribution is -2.48. The molecule has 5 nitrogen and oxygen atoms in total. The molecule has 0 aromatic rings. The maximum atomic E-state index is 12.5. The molecule has 5 heteroatoms. The molecule has 208 valence electrons. The predicted molar refractivity (Wildman–Crippen MR) is 149 cm³/mol. The van der Waals surface area contributed by atoms with Crippen LogP contribution in [0.15, 0.2) is 47.6 Å². The van der Waals surface area contributed by atoms with Crippen LogP contribution in [0.2, 0.25) is 0 Å². The van der Waals surface area contributed by atoms with Gasteiger partial charge in [0.2, 0.25) is 0 Å². The quantitative estimate of drug-likeness (QED) is 0.371. The number of carbonyl (C=O) groups is 1. The number of allylic oxidation sites excluding steroid dienone is 4. The van der Waals surface area contributed by atoms with Gasteiger partial charge in [-0.1, -0.05) is 78.0 Å². The highest BCUT2D eigenvalue weighted by molar-refractivity contribution is 5.84. The summed E-state index contributed by atoms with van der Waals surface area (Å²) in [6.45, 7) is 16.6. The van der Waals surface area contributed by atoms with Gasteiger partial charge in [0.15, 0.2) is 0 Å². The van der Waals surface area contributed by atoms with Crippen molar-refractivity contribution in [3.63, 3.8) is 0 Å². The Bertz CT molecular complexity index is 907. The fourth-order valence-electron chi connectivity index (χ4n) is 5.54. The van der Waals surface area contributed by atoms with Gasteiger partial charge >= 0.3 is 0 Å². The van der Waals surface area contributed by atoms with Crippen LogP contribution in [0.25, 0.3) is 0 Å². The molecule has 3 aliphatic rings. The average molecular weight is 515 g/mol. The lowest BCUT2D eigenvalue weighted by Gasteiger charge is -2.36. The Balaban J connectivity index is 1.54. The molecule has 10 atom stereocenters. The molecular formula is C32H50O5. The minimum atomic E-state index is -0.971. The van der Waals surface area contributed by atoms with Gasteiger partial charge in [0, 0.05) is 18.3 Å². The normalized spacial score (nSPS) is 38.2. The van der Waals surface area contributed by atoms with Crippen LogP contribution in [-0.2, 0) is 14.3 Å². The van der Waals surface area contributed by atoms with Crippen LogP contribution in [0.5, 0.6) is 0 Å². The van der Waals surface area contributed by atoms with E-state index in [2.05, 4.69) is 65.0 Å². The molecule has 2 N–H and O–H groups in total. The molecule has 1 saturated heterocycles. The van der Waals surface area contributed by atoms with E-state index in [-0.39, 0.29) is 36.9 Å². The number of ketones is 1. The number of ether oxygens (including phenoxy) is 2. The second kappa shape index (κ2) is 12.5. The van der Waals surface area contributed by atoms with Crippen LogP contribution in [0, 0.1) is 29.1 Å². The summed E-state index contributed by atoms with van der Waals surface area (Å²) in [5.41, 5.74) is 2.19. The molecule has 1 saturated carbocycles. The van der Waals surface area contributed by atoms with E-state index in [1.165, 1.54) is 11.1 Å². The van der Waals surface area contributed by atoms with Gasteiger partial charge in [-0.05, 0) is 61.5 Å². The Kier molecular flexibility index (Phi) is 10.2. The first kappa shape index (κ1) is 30.0. The zero-order chi connectivity index (χ0) is 27.5. The van der Waals surface area contributed by atoms with Crippen LogP contribution < -0.4 is 0 Å². The number of Topliss-reactive ketones (excluding diaryl/α,β-unsaturated/α-hetero) is 1. The minimum Gasteiger partial charge on any atom is -0.390 e. The number of hydrogen-bond acceptors (Lipinski definition) is 5. The Labute approximate surface area is 224 Å². The van der Waals surface area contributed by atoms with Gasteiger partial charge in [-0.25, -0.2) is 0 Å². The molecular weight excluding hydrogens is 464 g/mol. The molecule has 37 heavy (non-hydrogen) atoms. The highest BCUT2D eigenvalue weighted by Gasteiger charge is 2.43. The van der Waals surface area contributed by atoms with Gasteiger partial charge in [-0.2, -0.15) is 0 Å². The molecule has 0 aromatic heterocycles. The third-order valence-corrected chi connectivity index (χ3v) is 8.41. The molecule has 1 aliphatic carbocycles. The largest absolute Gasteiger partial charge is 0.390 e. The first-order valence-corrected chi connectivity index (χ1v) is 14.2. The highest BCUT2D eigenvalue weighted by atomic mass is 16.5. The van der Waals surface area contributed by atoms with E-state index in [4.69, 9.17) is 9.47 Å². The Morgan fingerprint density at radius 1 is 1.16 bits per heavy atom. The van der Waals surface area contributed by atoms with Crippen molar-refractivity contribution < 1.29 is 24.5 Å². The van der Waals surface area contributed by atoms with Crippen LogP contribution >= 0.6 is 0 Å². The summed E-state index contributed by atoms with van der Waals surface area (Å²) >= 11 is 0.